The lowest BCUT2D eigenvalue weighted by Gasteiger charge is -2.18. The summed E-state index contributed by atoms with van der Waals surface area (Å²) in [5, 5.41) is 2.46. The van der Waals surface area contributed by atoms with Crippen molar-refractivity contribution in [3.8, 4) is 5.75 Å². The van der Waals surface area contributed by atoms with Crippen molar-refractivity contribution in [1.29, 1.82) is 0 Å². The number of ether oxygens (including phenoxy) is 1. The number of ketones is 1. The van der Waals surface area contributed by atoms with Crippen LogP contribution in [0.3, 0.4) is 0 Å². The highest BCUT2D eigenvalue weighted by Crippen LogP contribution is 2.31. The smallest absolute Gasteiger partial charge is 0.196 e. The van der Waals surface area contributed by atoms with Crippen molar-refractivity contribution in [3.05, 3.63) is 83.4 Å². The fourth-order valence-electron chi connectivity index (χ4n) is 3.98. The number of benzene rings is 3. The van der Waals surface area contributed by atoms with Crippen molar-refractivity contribution >= 4 is 33.7 Å². The average molecular weight is 353 g/mol. The number of hydrogen-bond acceptors (Lipinski definition) is 2. The van der Waals surface area contributed by atoms with Gasteiger partial charge in [0.2, 0.25) is 0 Å². The minimum atomic E-state index is 0.0490. The minimum absolute atomic E-state index is 0.0490. The molecule has 2 heterocycles. The molecule has 3 heteroatoms. The summed E-state index contributed by atoms with van der Waals surface area (Å²) in [6, 6.07) is 22.3. The van der Waals surface area contributed by atoms with E-state index in [2.05, 4.69) is 54.0 Å². The topological polar surface area (TPSA) is 31.2 Å². The number of rotatable bonds is 2. The lowest BCUT2D eigenvalue weighted by Crippen LogP contribution is -2.18. The summed E-state index contributed by atoms with van der Waals surface area (Å²) in [6.07, 6.45) is 1.95. The molecule has 0 spiro atoms. The van der Waals surface area contributed by atoms with E-state index in [0.717, 1.165) is 12.1 Å². The van der Waals surface area contributed by atoms with Gasteiger partial charge < -0.3 is 9.30 Å². The van der Waals surface area contributed by atoms with Gasteiger partial charge in [0.15, 0.2) is 5.78 Å². The highest BCUT2D eigenvalue weighted by molar-refractivity contribution is 6.14. The predicted molar refractivity (Wildman–Crippen MR) is 109 cm³/mol. The first-order chi connectivity index (χ1) is 13.3. The molecule has 0 amide bonds. The van der Waals surface area contributed by atoms with Gasteiger partial charge in [0.25, 0.3) is 0 Å². The maximum Gasteiger partial charge on any atom is 0.196 e. The molecule has 1 aliphatic heterocycles. The van der Waals surface area contributed by atoms with Crippen LogP contribution in [0.1, 0.15) is 22.8 Å². The monoisotopic (exact) mass is 353 g/mol. The van der Waals surface area contributed by atoms with E-state index >= 15 is 0 Å². The van der Waals surface area contributed by atoms with Crippen LogP contribution < -0.4 is 4.74 Å². The van der Waals surface area contributed by atoms with E-state index in [1.165, 1.54) is 21.8 Å². The maximum absolute atomic E-state index is 12.8. The van der Waals surface area contributed by atoms with Crippen LogP contribution in [-0.2, 0) is 6.54 Å². The van der Waals surface area contributed by atoms with Crippen molar-refractivity contribution in [2.75, 3.05) is 6.61 Å². The summed E-state index contributed by atoms with van der Waals surface area (Å²) in [7, 11) is 0. The molecule has 0 fully saturated rings. The molecular weight excluding hydrogens is 334 g/mol. The molecule has 0 N–H and O–H groups in total. The van der Waals surface area contributed by atoms with Gasteiger partial charge in [-0.1, -0.05) is 36.4 Å². The van der Waals surface area contributed by atoms with E-state index in [4.69, 9.17) is 4.74 Å². The zero-order valence-electron chi connectivity index (χ0n) is 15.1. The molecule has 0 radical (unpaired) electrons. The summed E-state index contributed by atoms with van der Waals surface area (Å²) in [6.45, 7) is 3.40. The molecule has 5 rings (SSSR count). The average Bonchev–Trinajstić information content (AvgIpc) is 3.03. The van der Waals surface area contributed by atoms with E-state index in [-0.39, 0.29) is 5.78 Å². The molecule has 0 atom stereocenters. The summed E-state index contributed by atoms with van der Waals surface area (Å²) < 4.78 is 8.09. The second kappa shape index (κ2) is 6.13. The molecule has 27 heavy (non-hydrogen) atoms. The first-order valence-corrected chi connectivity index (χ1v) is 9.24. The number of carbonyl (C=O) groups is 1. The molecule has 3 nitrogen and oxygen atoms in total. The first kappa shape index (κ1) is 15.9. The van der Waals surface area contributed by atoms with E-state index in [0.29, 0.717) is 23.5 Å². The number of fused-ring (bicyclic) bond motifs is 4. The first-order valence-electron chi connectivity index (χ1n) is 9.24. The highest BCUT2D eigenvalue weighted by Gasteiger charge is 2.22. The van der Waals surface area contributed by atoms with Gasteiger partial charge in [-0.3, -0.25) is 4.79 Å². The summed E-state index contributed by atoms with van der Waals surface area (Å²) in [5.74, 6) is 0.717. The lowest BCUT2D eigenvalue weighted by molar-refractivity contribution is 0.100. The van der Waals surface area contributed by atoms with Gasteiger partial charge in [-0.25, -0.2) is 0 Å². The van der Waals surface area contributed by atoms with Crippen LogP contribution in [0.4, 0.5) is 0 Å². The fraction of sp³-hybridized carbons (Fsp3) is 0.125. The molecule has 1 aliphatic rings. The second-order valence-corrected chi connectivity index (χ2v) is 6.82. The molecule has 0 unspecified atom stereocenters. The Balaban J connectivity index is 1.63. The van der Waals surface area contributed by atoms with Crippen LogP contribution >= 0.6 is 0 Å². The lowest BCUT2D eigenvalue weighted by atomic mass is 9.98. The van der Waals surface area contributed by atoms with Crippen LogP contribution in [0.25, 0.3) is 27.9 Å². The quantitative estimate of drug-likeness (QED) is 0.447. The number of aromatic nitrogens is 1. The Labute approximate surface area is 157 Å². The number of carbonyl (C=O) groups excluding carboxylic acids is 1. The van der Waals surface area contributed by atoms with Crippen molar-refractivity contribution in [2.45, 2.75) is 13.5 Å². The third kappa shape index (κ3) is 2.47. The molecule has 0 aliphatic carbocycles. The minimum Gasteiger partial charge on any atom is -0.488 e. The third-order valence-corrected chi connectivity index (χ3v) is 5.26. The summed E-state index contributed by atoms with van der Waals surface area (Å²) in [4.78, 5) is 12.8. The molecule has 3 aromatic carbocycles. The highest BCUT2D eigenvalue weighted by atomic mass is 16.5. The van der Waals surface area contributed by atoms with Crippen molar-refractivity contribution in [2.24, 2.45) is 0 Å². The molecule has 1 aromatic heterocycles. The van der Waals surface area contributed by atoms with E-state index in [1.807, 2.05) is 30.3 Å². The van der Waals surface area contributed by atoms with Gasteiger partial charge in [-0.15, -0.1) is 0 Å². The van der Waals surface area contributed by atoms with Gasteiger partial charge in [0.1, 0.15) is 12.4 Å². The Hall–Kier alpha value is -3.33. The molecule has 4 aromatic rings. The molecule has 0 saturated heterocycles. The number of aryl methyl sites for hydroxylation is 1. The molecular formula is C24H19NO2. The van der Waals surface area contributed by atoms with Gasteiger partial charge in [-0.2, -0.15) is 0 Å². The maximum atomic E-state index is 12.8. The Morgan fingerprint density at radius 3 is 2.63 bits per heavy atom. The van der Waals surface area contributed by atoms with Crippen LogP contribution in [-0.4, -0.2) is 17.0 Å². The zero-order valence-corrected chi connectivity index (χ0v) is 15.1. The van der Waals surface area contributed by atoms with Crippen LogP contribution in [0.2, 0.25) is 0 Å². The van der Waals surface area contributed by atoms with E-state index in [9.17, 15) is 4.79 Å². The van der Waals surface area contributed by atoms with Crippen LogP contribution in [0.5, 0.6) is 5.75 Å². The van der Waals surface area contributed by atoms with Gasteiger partial charge in [-0.05, 0) is 48.9 Å². The summed E-state index contributed by atoms with van der Waals surface area (Å²) >= 11 is 0. The second-order valence-electron chi connectivity index (χ2n) is 6.82. The van der Waals surface area contributed by atoms with Gasteiger partial charge >= 0.3 is 0 Å². The molecule has 0 saturated carbocycles. The number of Topliss-reactive ketones (excluding diaryl/α,β-unsaturated/α-hetero) is 1. The third-order valence-electron chi connectivity index (χ3n) is 5.26. The Morgan fingerprint density at radius 2 is 1.74 bits per heavy atom. The van der Waals surface area contributed by atoms with Crippen LogP contribution in [0.15, 0.2) is 72.3 Å². The van der Waals surface area contributed by atoms with Gasteiger partial charge in [0.05, 0.1) is 5.56 Å². The zero-order chi connectivity index (χ0) is 18.4. The molecule has 0 bridgehead atoms. The van der Waals surface area contributed by atoms with E-state index in [1.54, 1.807) is 0 Å². The van der Waals surface area contributed by atoms with Crippen molar-refractivity contribution in [1.82, 2.24) is 4.57 Å². The van der Waals surface area contributed by atoms with Crippen molar-refractivity contribution < 1.29 is 9.53 Å². The Kier molecular flexibility index (Phi) is 3.61. The van der Waals surface area contributed by atoms with Gasteiger partial charge in [0, 0.05) is 33.9 Å². The normalized spacial score (nSPS) is 15.3. The Morgan fingerprint density at radius 1 is 0.963 bits per heavy atom. The SMILES string of the molecule is CCn1c2ccccc2c2cc(/C=C3/COc4ccccc4C3=O)ccc21. The fourth-order valence-corrected chi connectivity index (χ4v) is 3.98. The number of nitrogens with zero attached hydrogens (tertiary/aromatic N) is 1. The molecule has 132 valence electrons. The van der Waals surface area contributed by atoms with E-state index < -0.39 is 0 Å². The number of para-hydroxylation sites is 2. The largest absolute Gasteiger partial charge is 0.488 e. The predicted octanol–water partition coefficient (Wildman–Crippen LogP) is 5.47. The number of hydrogen-bond donors (Lipinski definition) is 0. The summed E-state index contributed by atoms with van der Waals surface area (Å²) in [5.41, 5.74) is 4.81. The standard InChI is InChI=1S/C24H19NO2/c1-2-25-21-9-5-3-7-18(21)20-14-16(11-12-22(20)25)13-17-15-27-23-10-6-4-8-19(23)24(17)26/h3-14H,2,15H2,1H3/b17-13-. The Bertz CT molecular complexity index is 1230. The van der Waals surface area contributed by atoms with Crippen LogP contribution in [0, 0.1) is 0 Å². The van der Waals surface area contributed by atoms with Crippen molar-refractivity contribution in [3.63, 3.8) is 0 Å².